The summed E-state index contributed by atoms with van der Waals surface area (Å²) in [7, 11) is 0. The van der Waals surface area contributed by atoms with Gasteiger partial charge in [-0.15, -0.1) is 11.3 Å². The Hall–Kier alpha value is -0.840. The molecule has 1 atom stereocenters. The van der Waals surface area contributed by atoms with Crippen molar-refractivity contribution in [2.45, 2.75) is 44.2 Å². The van der Waals surface area contributed by atoms with Crippen LogP contribution in [0.25, 0.3) is 0 Å². The van der Waals surface area contributed by atoms with Gasteiger partial charge < -0.3 is 5.11 Å². The van der Waals surface area contributed by atoms with Gasteiger partial charge in [-0.3, -0.25) is 4.68 Å². The fraction of sp³-hybridized carbons (Fsp3) is 0.500. The van der Waals surface area contributed by atoms with Crippen molar-refractivity contribution in [3.05, 3.63) is 39.3 Å². The van der Waals surface area contributed by atoms with Crippen LogP contribution in [0, 0.1) is 0 Å². The first-order valence-electron chi connectivity index (χ1n) is 6.70. The van der Waals surface area contributed by atoms with Crippen molar-refractivity contribution in [2.24, 2.45) is 0 Å². The molecular weight excluding hydrogens is 280 g/mol. The molecule has 3 rings (SSSR count). The molecule has 2 heterocycles. The standard InChI is InChI=1S/C14H17ClN2OS/c15-14-6-5-13(19-14)12(18)9-10-7-8-17(16-10)11-3-1-2-4-11/h5-8,11-12,18H,1-4,9H2. The second-order valence-electron chi connectivity index (χ2n) is 5.09. The molecule has 2 aromatic heterocycles. The van der Waals surface area contributed by atoms with Crippen molar-refractivity contribution < 1.29 is 5.11 Å². The van der Waals surface area contributed by atoms with Gasteiger partial charge in [-0.1, -0.05) is 24.4 Å². The zero-order chi connectivity index (χ0) is 13.2. The first-order valence-corrected chi connectivity index (χ1v) is 7.89. The number of rotatable bonds is 4. The molecule has 102 valence electrons. The summed E-state index contributed by atoms with van der Waals surface area (Å²) >= 11 is 7.31. The molecule has 1 N–H and O–H groups in total. The van der Waals surface area contributed by atoms with Crippen molar-refractivity contribution in [1.29, 1.82) is 0 Å². The lowest BCUT2D eigenvalue weighted by atomic mass is 10.2. The summed E-state index contributed by atoms with van der Waals surface area (Å²) in [6.07, 6.45) is 7.14. The Kier molecular flexibility index (Phi) is 3.91. The molecule has 2 aromatic rings. The van der Waals surface area contributed by atoms with E-state index in [0.29, 0.717) is 16.8 Å². The van der Waals surface area contributed by atoms with Crippen molar-refractivity contribution in [1.82, 2.24) is 9.78 Å². The molecule has 1 aliphatic carbocycles. The second kappa shape index (κ2) is 5.65. The SMILES string of the molecule is OC(Cc1ccn(C2CCCC2)n1)c1ccc(Cl)s1. The van der Waals surface area contributed by atoms with E-state index in [1.54, 1.807) is 0 Å². The summed E-state index contributed by atoms with van der Waals surface area (Å²) in [5, 5.41) is 14.8. The number of aromatic nitrogens is 2. The van der Waals surface area contributed by atoms with Gasteiger partial charge in [-0.25, -0.2) is 0 Å². The highest BCUT2D eigenvalue weighted by Gasteiger charge is 2.18. The number of hydrogen-bond acceptors (Lipinski definition) is 3. The molecule has 0 saturated heterocycles. The Morgan fingerprint density at radius 3 is 2.84 bits per heavy atom. The average molecular weight is 297 g/mol. The summed E-state index contributed by atoms with van der Waals surface area (Å²) < 4.78 is 2.78. The van der Waals surface area contributed by atoms with Crippen molar-refractivity contribution >= 4 is 22.9 Å². The normalized spacial score (nSPS) is 18.0. The Balaban J connectivity index is 1.66. The third kappa shape index (κ3) is 3.02. The maximum atomic E-state index is 10.2. The van der Waals surface area contributed by atoms with Crippen LogP contribution in [-0.4, -0.2) is 14.9 Å². The molecule has 0 radical (unpaired) electrons. The van der Waals surface area contributed by atoms with Gasteiger partial charge in [0.15, 0.2) is 0 Å². The van der Waals surface area contributed by atoms with Crippen LogP contribution in [0.4, 0.5) is 0 Å². The quantitative estimate of drug-likeness (QED) is 0.926. The molecule has 0 bridgehead atoms. The average Bonchev–Trinajstić information content (AvgIpc) is 3.07. The molecule has 5 heteroatoms. The molecule has 0 aliphatic heterocycles. The predicted molar refractivity (Wildman–Crippen MR) is 77.7 cm³/mol. The highest BCUT2D eigenvalue weighted by molar-refractivity contribution is 7.16. The number of aliphatic hydroxyl groups excluding tert-OH is 1. The van der Waals surface area contributed by atoms with Crippen LogP contribution in [-0.2, 0) is 6.42 Å². The van der Waals surface area contributed by atoms with E-state index in [4.69, 9.17) is 11.6 Å². The highest BCUT2D eigenvalue weighted by atomic mass is 35.5. The van der Waals surface area contributed by atoms with Gasteiger partial charge >= 0.3 is 0 Å². The summed E-state index contributed by atoms with van der Waals surface area (Å²) in [4.78, 5) is 0.903. The molecule has 0 amide bonds. The minimum atomic E-state index is -0.510. The lowest BCUT2D eigenvalue weighted by molar-refractivity contribution is 0.180. The highest BCUT2D eigenvalue weighted by Crippen LogP contribution is 2.30. The monoisotopic (exact) mass is 296 g/mol. The smallest absolute Gasteiger partial charge is 0.0938 e. The summed E-state index contributed by atoms with van der Waals surface area (Å²) in [5.41, 5.74) is 0.948. The van der Waals surface area contributed by atoms with Crippen LogP contribution >= 0.6 is 22.9 Å². The van der Waals surface area contributed by atoms with Crippen LogP contribution < -0.4 is 0 Å². The van der Waals surface area contributed by atoms with E-state index < -0.39 is 6.10 Å². The molecule has 3 nitrogen and oxygen atoms in total. The lowest BCUT2D eigenvalue weighted by Crippen LogP contribution is -2.07. The minimum absolute atomic E-state index is 0.510. The van der Waals surface area contributed by atoms with Gasteiger partial charge in [0.05, 0.1) is 22.2 Å². The van der Waals surface area contributed by atoms with Gasteiger partial charge in [0.2, 0.25) is 0 Å². The molecular formula is C14H17ClN2OS. The number of hydrogen-bond donors (Lipinski definition) is 1. The Labute approximate surface area is 121 Å². The van der Waals surface area contributed by atoms with Crippen molar-refractivity contribution in [3.8, 4) is 0 Å². The molecule has 1 aliphatic rings. The van der Waals surface area contributed by atoms with Gasteiger partial charge in [0.25, 0.3) is 0 Å². The Morgan fingerprint density at radius 1 is 1.37 bits per heavy atom. The fourth-order valence-electron chi connectivity index (χ4n) is 2.66. The van der Waals surface area contributed by atoms with Crippen LogP contribution in [0.5, 0.6) is 0 Å². The summed E-state index contributed by atoms with van der Waals surface area (Å²) in [6, 6.07) is 6.27. The van der Waals surface area contributed by atoms with E-state index in [9.17, 15) is 5.11 Å². The van der Waals surface area contributed by atoms with Gasteiger partial charge in [0, 0.05) is 17.5 Å². The zero-order valence-corrected chi connectivity index (χ0v) is 12.2. The molecule has 0 spiro atoms. The van der Waals surface area contributed by atoms with Gasteiger partial charge in [0.1, 0.15) is 0 Å². The van der Waals surface area contributed by atoms with Gasteiger partial charge in [-0.05, 0) is 31.0 Å². The van der Waals surface area contributed by atoms with Crippen LogP contribution in [0.2, 0.25) is 4.34 Å². The van der Waals surface area contributed by atoms with E-state index in [1.807, 2.05) is 24.4 Å². The molecule has 1 unspecified atom stereocenters. The Morgan fingerprint density at radius 2 is 2.16 bits per heavy atom. The fourth-order valence-corrected chi connectivity index (χ4v) is 3.71. The summed E-state index contributed by atoms with van der Waals surface area (Å²) in [5.74, 6) is 0. The first kappa shape index (κ1) is 13.2. The number of thiophene rings is 1. The second-order valence-corrected chi connectivity index (χ2v) is 6.83. The third-order valence-electron chi connectivity index (χ3n) is 3.69. The van der Waals surface area contributed by atoms with Crippen LogP contribution in [0.15, 0.2) is 24.4 Å². The van der Waals surface area contributed by atoms with Crippen LogP contribution in [0.3, 0.4) is 0 Å². The van der Waals surface area contributed by atoms with E-state index in [2.05, 4.69) is 9.78 Å². The maximum absolute atomic E-state index is 10.2. The number of halogens is 1. The predicted octanol–water partition coefficient (Wildman–Crippen LogP) is 3.99. The van der Waals surface area contributed by atoms with Crippen molar-refractivity contribution in [2.75, 3.05) is 0 Å². The zero-order valence-electron chi connectivity index (χ0n) is 10.6. The minimum Gasteiger partial charge on any atom is -0.387 e. The molecule has 0 aromatic carbocycles. The van der Waals surface area contributed by atoms with E-state index in [0.717, 1.165) is 10.6 Å². The van der Waals surface area contributed by atoms with E-state index >= 15 is 0 Å². The topological polar surface area (TPSA) is 38.0 Å². The molecule has 1 saturated carbocycles. The van der Waals surface area contributed by atoms with E-state index in [1.165, 1.54) is 37.0 Å². The third-order valence-corrected chi connectivity index (χ3v) is 5.02. The van der Waals surface area contributed by atoms with Gasteiger partial charge in [-0.2, -0.15) is 5.10 Å². The lowest BCUT2D eigenvalue weighted by Gasteiger charge is -2.09. The van der Waals surface area contributed by atoms with Crippen LogP contribution in [0.1, 0.15) is 48.4 Å². The van der Waals surface area contributed by atoms with E-state index in [-0.39, 0.29) is 0 Å². The largest absolute Gasteiger partial charge is 0.387 e. The molecule has 1 fully saturated rings. The summed E-state index contributed by atoms with van der Waals surface area (Å²) in [6.45, 7) is 0. The Bertz CT molecular complexity index is 545. The number of aliphatic hydroxyl groups is 1. The maximum Gasteiger partial charge on any atom is 0.0938 e. The first-order chi connectivity index (χ1) is 9.22. The van der Waals surface area contributed by atoms with Crippen molar-refractivity contribution in [3.63, 3.8) is 0 Å². The number of nitrogens with zero attached hydrogens (tertiary/aromatic N) is 2. The molecule has 19 heavy (non-hydrogen) atoms.